The first-order valence-electron chi connectivity index (χ1n) is 6.82. The van der Waals surface area contributed by atoms with E-state index in [2.05, 4.69) is 5.32 Å². The van der Waals surface area contributed by atoms with Crippen molar-refractivity contribution in [1.82, 2.24) is 4.90 Å². The van der Waals surface area contributed by atoms with Crippen LogP contribution in [0.2, 0.25) is 0 Å². The summed E-state index contributed by atoms with van der Waals surface area (Å²) in [6.45, 7) is 4.22. The summed E-state index contributed by atoms with van der Waals surface area (Å²) in [4.78, 5) is 25.6. The van der Waals surface area contributed by atoms with E-state index in [0.29, 0.717) is 6.54 Å². The maximum absolute atomic E-state index is 12.0. The van der Waals surface area contributed by atoms with E-state index in [4.69, 9.17) is 5.11 Å². The zero-order valence-electron chi connectivity index (χ0n) is 12.6. The van der Waals surface area contributed by atoms with Crippen molar-refractivity contribution in [3.63, 3.8) is 0 Å². The molecule has 1 amide bonds. The maximum Gasteiger partial charge on any atom is 0.317 e. The highest BCUT2D eigenvalue weighted by Gasteiger charge is 2.15. The lowest BCUT2D eigenvalue weighted by Gasteiger charge is -2.24. The number of carboxylic acid groups (broad SMARTS) is 1. The van der Waals surface area contributed by atoms with Gasteiger partial charge in [0.1, 0.15) is 0 Å². The summed E-state index contributed by atoms with van der Waals surface area (Å²) < 4.78 is 0. The van der Waals surface area contributed by atoms with E-state index in [0.717, 1.165) is 10.6 Å². The molecule has 0 atom stereocenters. The van der Waals surface area contributed by atoms with E-state index < -0.39 is 5.97 Å². The van der Waals surface area contributed by atoms with Crippen LogP contribution in [-0.2, 0) is 9.59 Å². The molecule has 0 aliphatic carbocycles. The third-order valence-corrected chi connectivity index (χ3v) is 3.87. The molecule has 0 fully saturated rings. The summed E-state index contributed by atoms with van der Waals surface area (Å²) in [6, 6.07) is 7.70. The molecule has 2 N–H and O–H groups in total. The van der Waals surface area contributed by atoms with Gasteiger partial charge in [-0.05, 0) is 32.2 Å². The van der Waals surface area contributed by atoms with Crippen molar-refractivity contribution in [2.75, 3.05) is 24.7 Å². The highest BCUT2D eigenvalue weighted by molar-refractivity contribution is 7.98. The summed E-state index contributed by atoms with van der Waals surface area (Å²) in [5.41, 5.74) is 0.796. The summed E-state index contributed by atoms with van der Waals surface area (Å²) in [7, 11) is 0. The second-order valence-electron chi connectivity index (χ2n) is 4.96. The Hall–Kier alpha value is -1.53. The topological polar surface area (TPSA) is 69.6 Å². The van der Waals surface area contributed by atoms with E-state index in [1.807, 2.05) is 44.4 Å². The van der Waals surface area contributed by atoms with Crippen LogP contribution >= 0.6 is 11.8 Å². The van der Waals surface area contributed by atoms with E-state index in [1.54, 1.807) is 16.7 Å². The number of anilines is 1. The minimum atomic E-state index is -0.878. The molecule has 0 heterocycles. The van der Waals surface area contributed by atoms with E-state index in [9.17, 15) is 9.59 Å². The van der Waals surface area contributed by atoms with Gasteiger partial charge in [0.05, 0.1) is 12.2 Å². The third-order valence-electron chi connectivity index (χ3n) is 3.08. The second kappa shape index (κ2) is 8.69. The van der Waals surface area contributed by atoms with Crippen molar-refractivity contribution < 1.29 is 14.7 Å². The number of nitrogens with one attached hydrogen (secondary N) is 1. The highest BCUT2D eigenvalue weighted by atomic mass is 32.2. The average molecular weight is 310 g/mol. The molecule has 6 heteroatoms. The minimum absolute atomic E-state index is 0.0493. The van der Waals surface area contributed by atoms with Crippen LogP contribution in [0.3, 0.4) is 0 Å². The Morgan fingerprint density at radius 3 is 2.57 bits per heavy atom. The summed E-state index contributed by atoms with van der Waals surface area (Å²) in [6.07, 6.45) is 2.23. The first-order chi connectivity index (χ1) is 9.93. The van der Waals surface area contributed by atoms with Crippen LogP contribution in [0.25, 0.3) is 0 Å². The van der Waals surface area contributed by atoms with E-state index in [-0.39, 0.29) is 24.9 Å². The number of carbonyl (C=O) groups excluding carboxylic acids is 1. The molecule has 0 radical (unpaired) electrons. The van der Waals surface area contributed by atoms with Gasteiger partial charge in [-0.3, -0.25) is 14.5 Å². The number of hydrogen-bond donors (Lipinski definition) is 2. The molecule has 0 bridgehead atoms. The largest absolute Gasteiger partial charge is 0.480 e. The number of carboxylic acids is 1. The quantitative estimate of drug-likeness (QED) is 0.722. The zero-order valence-corrected chi connectivity index (χ0v) is 13.4. The molecule has 0 unspecified atom stereocenters. The van der Waals surface area contributed by atoms with Gasteiger partial charge >= 0.3 is 5.97 Å². The predicted molar refractivity (Wildman–Crippen MR) is 85.8 cm³/mol. The fourth-order valence-electron chi connectivity index (χ4n) is 1.90. The number of aliphatic carboxylic acids is 1. The van der Waals surface area contributed by atoms with Crippen molar-refractivity contribution in [2.45, 2.75) is 31.2 Å². The van der Waals surface area contributed by atoms with Crippen LogP contribution in [-0.4, -0.2) is 47.3 Å². The zero-order chi connectivity index (χ0) is 15.8. The molecule has 0 aliphatic rings. The summed E-state index contributed by atoms with van der Waals surface area (Å²) >= 11 is 1.57. The molecule has 5 nitrogen and oxygen atoms in total. The number of thioether (sulfide) groups is 1. The third kappa shape index (κ3) is 6.18. The lowest BCUT2D eigenvalue weighted by Crippen LogP contribution is -2.37. The van der Waals surface area contributed by atoms with Crippen LogP contribution in [0.15, 0.2) is 29.2 Å². The standard InChI is InChI=1S/C15H22N2O3S/c1-11(2)17(10-15(19)20)9-8-14(18)16-12-6-4-5-7-13(12)21-3/h4-7,11H,8-10H2,1-3H3,(H,16,18)(H,19,20). The van der Waals surface area contributed by atoms with E-state index >= 15 is 0 Å². The molecule has 1 aromatic carbocycles. The SMILES string of the molecule is CSc1ccccc1NC(=O)CCN(CC(=O)O)C(C)C. The Labute approximate surface area is 129 Å². The van der Waals surface area contributed by atoms with Crippen LogP contribution in [0.5, 0.6) is 0 Å². The van der Waals surface area contributed by atoms with Gasteiger partial charge < -0.3 is 10.4 Å². The van der Waals surface area contributed by atoms with Crippen molar-refractivity contribution in [3.8, 4) is 0 Å². The molecule has 1 aromatic rings. The molecular weight excluding hydrogens is 288 g/mol. The lowest BCUT2D eigenvalue weighted by atomic mass is 10.2. The number of carbonyl (C=O) groups is 2. The average Bonchev–Trinajstić information content (AvgIpc) is 2.43. The van der Waals surface area contributed by atoms with Crippen LogP contribution in [0, 0.1) is 0 Å². The fourth-order valence-corrected chi connectivity index (χ4v) is 2.45. The minimum Gasteiger partial charge on any atom is -0.480 e. The number of hydrogen-bond acceptors (Lipinski definition) is 4. The molecule has 116 valence electrons. The van der Waals surface area contributed by atoms with Gasteiger partial charge in [-0.15, -0.1) is 11.8 Å². The molecule has 0 saturated carbocycles. The number of amides is 1. The second-order valence-corrected chi connectivity index (χ2v) is 5.80. The Morgan fingerprint density at radius 2 is 2.00 bits per heavy atom. The van der Waals surface area contributed by atoms with Gasteiger partial charge in [0.25, 0.3) is 0 Å². The van der Waals surface area contributed by atoms with Gasteiger partial charge in [-0.2, -0.15) is 0 Å². The fraction of sp³-hybridized carbons (Fsp3) is 0.467. The number of para-hydroxylation sites is 1. The van der Waals surface area contributed by atoms with E-state index in [1.165, 1.54) is 0 Å². The number of nitrogens with zero attached hydrogens (tertiary/aromatic N) is 1. The number of rotatable bonds is 8. The van der Waals surface area contributed by atoms with Crippen LogP contribution in [0.1, 0.15) is 20.3 Å². The normalized spacial score (nSPS) is 10.9. The van der Waals surface area contributed by atoms with Crippen molar-refractivity contribution in [2.24, 2.45) is 0 Å². The van der Waals surface area contributed by atoms with Crippen molar-refractivity contribution >= 4 is 29.3 Å². The highest BCUT2D eigenvalue weighted by Crippen LogP contribution is 2.24. The van der Waals surface area contributed by atoms with Crippen molar-refractivity contribution in [1.29, 1.82) is 0 Å². The van der Waals surface area contributed by atoms with Gasteiger partial charge in [0.15, 0.2) is 0 Å². The molecule has 21 heavy (non-hydrogen) atoms. The lowest BCUT2D eigenvalue weighted by molar-refractivity contribution is -0.139. The van der Waals surface area contributed by atoms with Crippen LogP contribution in [0.4, 0.5) is 5.69 Å². The van der Waals surface area contributed by atoms with Gasteiger partial charge in [-0.1, -0.05) is 12.1 Å². The van der Waals surface area contributed by atoms with Gasteiger partial charge in [0.2, 0.25) is 5.91 Å². The first kappa shape index (κ1) is 17.5. The molecule has 0 aromatic heterocycles. The first-order valence-corrected chi connectivity index (χ1v) is 8.05. The Bertz CT molecular complexity index is 492. The number of benzene rings is 1. The Morgan fingerprint density at radius 1 is 1.33 bits per heavy atom. The van der Waals surface area contributed by atoms with Gasteiger partial charge in [-0.25, -0.2) is 0 Å². The van der Waals surface area contributed by atoms with Gasteiger partial charge in [0, 0.05) is 23.9 Å². The van der Waals surface area contributed by atoms with Crippen LogP contribution < -0.4 is 5.32 Å². The smallest absolute Gasteiger partial charge is 0.317 e. The molecule has 0 aliphatic heterocycles. The molecule has 0 spiro atoms. The monoisotopic (exact) mass is 310 g/mol. The predicted octanol–water partition coefficient (Wildman–Crippen LogP) is 2.53. The summed E-state index contributed by atoms with van der Waals surface area (Å²) in [5, 5.41) is 11.7. The molecular formula is C15H22N2O3S. The molecule has 1 rings (SSSR count). The molecule has 0 saturated heterocycles. The maximum atomic E-state index is 12.0. The van der Waals surface area contributed by atoms with Crippen molar-refractivity contribution in [3.05, 3.63) is 24.3 Å². The Kier molecular flexibility index (Phi) is 7.25. The Balaban J connectivity index is 2.55. The summed E-state index contributed by atoms with van der Waals surface area (Å²) in [5.74, 6) is -0.982.